The van der Waals surface area contributed by atoms with Crippen LogP contribution in [-0.2, 0) is 41.7 Å². The average molecular weight is 747 g/mol. The van der Waals surface area contributed by atoms with Gasteiger partial charge in [-0.3, -0.25) is 0 Å². The zero-order chi connectivity index (χ0) is 40.9. The number of fused-ring (bicyclic) bond motifs is 2. The van der Waals surface area contributed by atoms with Crippen LogP contribution >= 0.6 is 0 Å². The molecule has 0 fully saturated rings. The smallest absolute Gasteiger partial charge is 0.338 e. The van der Waals surface area contributed by atoms with Crippen molar-refractivity contribution in [2.75, 3.05) is 0 Å². The Hall–Kier alpha value is -6.00. The van der Waals surface area contributed by atoms with Gasteiger partial charge in [0.15, 0.2) is 0 Å². The Morgan fingerprint density at radius 1 is 0.625 bits per heavy atom. The van der Waals surface area contributed by atoms with Crippen LogP contribution in [0.2, 0.25) is 0 Å². The second kappa shape index (κ2) is 23.7. The number of benzene rings is 5. The van der Waals surface area contributed by atoms with Gasteiger partial charge < -0.3 is 9.47 Å². The molecule has 0 aromatic heterocycles. The molecule has 0 heterocycles. The predicted molar refractivity (Wildman–Crippen MR) is 235 cm³/mol. The standard InChI is InChI=1S/C13H16.C11H12O2.C10H10O2.2C9H10/c1-3-4-5-6-9-13-10-7-8-12(2)11-13;1-8(2)11(12)13-10-6-4-9(3)5-7-10;1-3-10(11)12-9-6-4-8(2)5-7-9;1-7-2-3-8-4-5-9(8)6-7;1-7-3-2-4-8-5-6-9(7)8/h3-5,7-8,10-11H,1,6,9H2,2H3;4-7H,1H2,2-3H3;3-7H,1H2,2H3;2-3,6H,4-5H2,1H3;2-4H,5-6H2,1H3/b5-4+;;;;. The van der Waals surface area contributed by atoms with Gasteiger partial charge in [-0.1, -0.05) is 145 Å². The van der Waals surface area contributed by atoms with E-state index in [1.54, 1.807) is 53.4 Å². The quantitative estimate of drug-likeness (QED) is 0.0687. The summed E-state index contributed by atoms with van der Waals surface area (Å²) >= 11 is 0. The Kier molecular flexibility index (Phi) is 18.8. The van der Waals surface area contributed by atoms with Crippen LogP contribution in [0.1, 0.15) is 69.0 Å². The first-order chi connectivity index (χ1) is 26.9. The van der Waals surface area contributed by atoms with Gasteiger partial charge in [-0.05, 0) is 138 Å². The third-order valence-corrected chi connectivity index (χ3v) is 9.12. The third-order valence-electron chi connectivity index (χ3n) is 9.12. The zero-order valence-electron chi connectivity index (χ0n) is 34.2. The summed E-state index contributed by atoms with van der Waals surface area (Å²) < 4.78 is 9.85. The van der Waals surface area contributed by atoms with Gasteiger partial charge in [-0.25, -0.2) is 9.59 Å². The molecule has 0 bridgehead atoms. The van der Waals surface area contributed by atoms with E-state index in [2.05, 4.69) is 107 Å². The van der Waals surface area contributed by atoms with Gasteiger partial charge in [0.2, 0.25) is 0 Å². The van der Waals surface area contributed by atoms with E-state index >= 15 is 0 Å². The van der Waals surface area contributed by atoms with Crippen LogP contribution in [0, 0.1) is 34.6 Å². The summed E-state index contributed by atoms with van der Waals surface area (Å²) in [6.45, 7) is 22.5. The molecule has 0 spiro atoms. The molecule has 4 heteroatoms. The molecule has 7 rings (SSSR count). The first kappa shape index (κ1) is 44.4. The average Bonchev–Trinajstić information content (AvgIpc) is 3.15. The molecule has 0 amide bonds. The lowest BCUT2D eigenvalue weighted by molar-refractivity contribution is -0.130. The lowest BCUT2D eigenvalue weighted by Gasteiger charge is -2.20. The van der Waals surface area contributed by atoms with Crippen LogP contribution in [0.3, 0.4) is 0 Å². The van der Waals surface area contributed by atoms with Gasteiger partial charge in [0.25, 0.3) is 0 Å². The van der Waals surface area contributed by atoms with Crippen molar-refractivity contribution in [1.82, 2.24) is 0 Å². The molecule has 0 aliphatic heterocycles. The normalized spacial score (nSPS) is 11.2. The number of carbonyl (C=O) groups is 2. The predicted octanol–water partition coefficient (Wildman–Crippen LogP) is 12.4. The Balaban J connectivity index is 0.000000189. The number of ether oxygens (including phenoxy) is 2. The second-order valence-corrected chi connectivity index (χ2v) is 14.1. The highest BCUT2D eigenvalue weighted by Gasteiger charge is 2.13. The minimum atomic E-state index is -0.432. The van der Waals surface area contributed by atoms with E-state index in [0.717, 1.165) is 30.0 Å². The molecule has 0 unspecified atom stereocenters. The van der Waals surface area contributed by atoms with Crippen LogP contribution in [0.25, 0.3) is 0 Å². The minimum absolute atomic E-state index is 0.385. The largest absolute Gasteiger partial charge is 0.423 e. The summed E-state index contributed by atoms with van der Waals surface area (Å²) in [6.07, 6.45) is 14.5. The van der Waals surface area contributed by atoms with Crippen molar-refractivity contribution in [2.24, 2.45) is 0 Å². The van der Waals surface area contributed by atoms with Crippen molar-refractivity contribution in [3.63, 3.8) is 0 Å². The molecule has 0 radical (unpaired) electrons. The Morgan fingerprint density at radius 3 is 1.66 bits per heavy atom. The van der Waals surface area contributed by atoms with E-state index in [1.165, 1.54) is 47.9 Å². The highest BCUT2D eigenvalue weighted by Crippen LogP contribution is 2.25. The van der Waals surface area contributed by atoms with Gasteiger partial charge in [0.1, 0.15) is 11.5 Å². The fourth-order valence-corrected chi connectivity index (χ4v) is 5.64. The van der Waals surface area contributed by atoms with Gasteiger partial charge in [-0.2, -0.15) is 0 Å². The van der Waals surface area contributed by atoms with E-state index < -0.39 is 5.97 Å². The molecule has 56 heavy (non-hydrogen) atoms. The van der Waals surface area contributed by atoms with Crippen molar-refractivity contribution in [3.8, 4) is 11.5 Å². The van der Waals surface area contributed by atoms with Gasteiger partial charge >= 0.3 is 11.9 Å². The number of aryl methyl sites for hydroxylation is 9. The zero-order valence-corrected chi connectivity index (χ0v) is 34.2. The van der Waals surface area contributed by atoms with Crippen LogP contribution in [0.4, 0.5) is 0 Å². The highest BCUT2D eigenvalue weighted by molar-refractivity contribution is 5.88. The molecule has 2 aliphatic carbocycles. The van der Waals surface area contributed by atoms with Crippen LogP contribution < -0.4 is 9.47 Å². The van der Waals surface area contributed by atoms with Gasteiger partial charge in [0, 0.05) is 11.6 Å². The summed E-state index contributed by atoms with van der Waals surface area (Å²) in [6, 6.07) is 36.5. The molecule has 5 aromatic carbocycles. The summed E-state index contributed by atoms with van der Waals surface area (Å²) in [5.41, 5.74) is 14.6. The van der Waals surface area contributed by atoms with Crippen LogP contribution in [0.15, 0.2) is 159 Å². The first-order valence-corrected chi connectivity index (χ1v) is 19.2. The Morgan fingerprint density at radius 2 is 1.20 bits per heavy atom. The van der Waals surface area contributed by atoms with Crippen molar-refractivity contribution < 1.29 is 19.1 Å². The summed E-state index contributed by atoms with van der Waals surface area (Å²) in [5, 5.41) is 0. The molecular weight excluding hydrogens is 689 g/mol. The van der Waals surface area contributed by atoms with E-state index in [0.29, 0.717) is 17.1 Å². The maximum atomic E-state index is 11.1. The first-order valence-electron chi connectivity index (χ1n) is 19.2. The second-order valence-electron chi connectivity index (χ2n) is 14.1. The molecule has 290 valence electrons. The number of allylic oxidation sites excluding steroid dienone is 3. The van der Waals surface area contributed by atoms with Crippen LogP contribution in [0.5, 0.6) is 11.5 Å². The fourth-order valence-electron chi connectivity index (χ4n) is 5.64. The molecule has 5 aromatic rings. The van der Waals surface area contributed by atoms with Crippen molar-refractivity contribution >= 4 is 11.9 Å². The van der Waals surface area contributed by atoms with E-state index in [9.17, 15) is 9.59 Å². The topological polar surface area (TPSA) is 52.6 Å². The maximum absolute atomic E-state index is 11.1. The van der Waals surface area contributed by atoms with E-state index in [-0.39, 0.29) is 5.97 Å². The van der Waals surface area contributed by atoms with Crippen molar-refractivity contribution in [1.29, 1.82) is 0 Å². The molecule has 0 saturated carbocycles. The molecule has 0 N–H and O–H groups in total. The number of hydrogen-bond acceptors (Lipinski definition) is 4. The van der Waals surface area contributed by atoms with Crippen molar-refractivity contribution in [2.45, 2.75) is 80.1 Å². The monoisotopic (exact) mass is 746 g/mol. The lowest BCUT2D eigenvalue weighted by Crippen LogP contribution is -2.09. The van der Waals surface area contributed by atoms with Crippen molar-refractivity contribution in [3.05, 3.63) is 214 Å². The minimum Gasteiger partial charge on any atom is -0.423 e. The van der Waals surface area contributed by atoms with Gasteiger partial charge in [0.05, 0.1) is 0 Å². The number of hydrogen-bond donors (Lipinski definition) is 0. The number of rotatable bonds is 8. The van der Waals surface area contributed by atoms with Crippen LogP contribution in [-0.4, -0.2) is 11.9 Å². The lowest BCUT2D eigenvalue weighted by atomic mass is 9.85. The SMILES string of the molecule is C=C(C)C(=O)Oc1ccc(C)cc1.C=C/C=C/CCc1cccc(C)c1.C=CC(=O)Oc1ccc(C)cc1.Cc1ccc2c(c1)CC2.Cc1cccc2c1CC2. The number of carbonyl (C=O) groups excluding carboxylic acids is 2. The third kappa shape index (κ3) is 16.2. The fraction of sp³-hybridized carbons (Fsp3) is 0.231. The molecular formula is C52H58O4. The number of esters is 2. The Labute approximate surface area is 335 Å². The summed E-state index contributed by atoms with van der Waals surface area (Å²) in [5.74, 6) is 0.284. The van der Waals surface area contributed by atoms with E-state index in [1.807, 2.05) is 50.3 Å². The molecule has 4 nitrogen and oxygen atoms in total. The highest BCUT2D eigenvalue weighted by atomic mass is 16.5. The molecule has 2 aliphatic rings. The van der Waals surface area contributed by atoms with E-state index in [4.69, 9.17) is 9.47 Å². The van der Waals surface area contributed by atoms with Gasteiger partial charge in [-0.15, -0.1) is 0 Å². The maximum Gasteiger partial charge on any atom is 0.338 e. The molecule has 0 atom stereocenters. The molecule has 0 saturated heterocycles. The summed E-state index contributed by atoms with van der Waals surface area (Å²) in [4.78, 5) is 21.8. The Bertz CT molecular complexity index is 2070. The summed E-state index contributed by atoms with van der Waals surface area (Å²) in [7, 11) is 0.